The van der Waals surface area contributed by atoms with Crippen LogP contribution < -0.4 is 0 Å². The normalized spacial score (nSPS) is 14.8. The zero-order valence-electron chi connectivity index (χ0n) is 30.1. The number of nitrogens with zero attached hydrogens (tertiary/aromatic N) is 1. The standard InChI is InChI=1S/C52H35NO/c1-51(2)40-25-13-10-22-37(40)45-46-38-23-11-15-27-43(38)53(49(46)50-47(48(45)51)39-24-12-16-28-44(39)54-50)34-29-30-36-35-21-9-14-26-41(35)52(42(36)31-34,32-17-5-3-6-18-32)33-19-7-4-8-20-33/h3-31H,1-2H3. The molecule has 0 saturated heterocycles. The van der Waals surface area contributed by atoms with Crippen molar-refractivity contribution in [2.24, 2.45) is 0 Å². The van der Waals surface area contributed by atoms with Gasteiger partial charge in [-0.15, -0.1) is 0 Å². The molecule has 0 N–H and O–H groups in total. The number of benzene rings is 8. The van der Waals surface area contributed by atoms with Gasteiger partial charge in [-0.05, 0) is 79.9 Å². The van der Waals surface area contributed by atoms with Gasteiger partial charge in [0.2, 0.25) is 0 Å². The van der Waals surface area contributed by atoms with Gasteiger partial charge in [0.05, 0.1) is 16.4 Å². The molecule has 2 heterocycles. The highest BCUT2D eigenvalue weighted by atomic mass is 16.3. The second-order valence-electron chi connectivity index (χ2n) is 15.6. The Morgan fingerprint density at radius 1 is 0.481 bits per heavy atom. The quantitative estimate of drug-likeness (QED) is 0.181. The van der Waals surface area contributed by atoms with Crippen molar-refractivity contribution in [3.63, 3.8) is 0 Å². The van der Waals surface area contributed by atoms with Crippen molar-refractivity contribution in [3.05, 3.63) is 209 Å². The molecular weight excluding hydrogens is 655 g/mol. The number of fused-ring (bicyclic) bond motifs is 15. The van der Waals surface area contributed by atoms with Gasteiger partial charge in [0.15, 0.2) is 5.58 Å². The molecular formula is C52H35NO. The maximum absolute atomic E-state index is 7.08. The van der Waals surface area contributed by atoms with Crippen LogP contribution in [0.5, 0.6) is 0 Å². The minimum Gasteiger partial charge on any atom is -0.454 e. The summed E-state index contributed by atoms with van der Waals surface area (Å²) in [5.74, 6) is 0. The van der Waals surface area contributed by atoms with Crippen LogP contribution in [-0.4, -0.2) is 4.57 Å². The van der Waals surface area contributed by atoms with Crippen LogP contribution >= 0.6 is 0 Å². The van der Waals surface area contributed by atoms with Gasteiger partial charge in [-0.2, -0.15) is 0 Å². The van der Waals surface area contributed by atoms with Crippen LogP contribution in [-0.2, 0) is 10.8 Å². The van der Waals surface area contributed by atoms with E-state index in [2.05, 4.69) is 194 Å². The molecule has 2 heteroatoms. The molecule has 0 aliphatic heterocycles. The third kappa shape index (κ3) is 3.56. The largest absolute Gasteiger partial charge is 0.454 e. The first-order valence-corrected chi connectivity index (χ1v) is 18.9. The van der Waals surface area contributed by atoms with Gasteiger partial charge in [-0.3, -0.25) is 0 Å². The zero-order valence-corrected chi connectivity index (χ0v) is 30.1. The first-order chi connectivity index (χ1) is 26.6. The summed E-state index contributed by atoms with van der Waals surface area (Å²) in [6.07, 6.45) is 0. The minimum atomic E-state index is -0.498. The summed E-state index contributed by atoms with van der Waals surface area (Å²) < 4.78 is 9.57. The molecule has 8 aromatic carbocycles. The van der Waals surface area contributed by atoms with Crippen molar-refractivity contribution in [3.8, 4) is 27.9 Å². The fourth-order valence-corrected chi connectivity index (χ4v) is 10.5. The van der Waals surface area contributed by atoms with Gasteiger partial charge in [0.1, 0.15) is 5.58 Å². The zero-order chi connectivity index (χ0) is 35.8. The third-order valence-corrected chi connectivity index (χ3v) is 12.6. The molecule has 2 aliphatic carbocycles. The molecule has 12 rings (SSSR count). The molecule has 0 bridgehead atoms. The Morgan fingerprint density at radius 2 is 1.07 bits per heavy atom. The van der Waals surface area contributed by atoms with Gasteiger partial charge in [-0.25, -0.2) is 0 Å². The number of rotatable bonds is 3. The summed E-state index contributed by atoms with van der Waals surface area (Å²) >= 11 is 0. The van der Waals surface area contributed by atoms with Gasteiger partial charge in [-0.1, -0.05) is 166 Å². The molecule has 2 aromatic heterocycles. The maximum atomic E-state index is 7.08. The second kappa shape index (κ2) is 10.5. The fourth-order valence-electron chi connectivity index (χ4n) is 10.5. The summed E-state index contributed by atoms with van der Waals surface area (Å²) in [6.45, 7) is 4.77. The van der Waals surface area contributed by atoms with Crippen molar-refractivity contribution in [2.75, 3.05) is 0 Å². The highest BCUT2D eigenvalue weighted by Gasteiger charge is 2.46. The number of para-hydroxylation sites is 2. The summed E-state index contributed by atoms with van der Waals surface area (Å²) in [5.41, 5.74) is 17.6. The Labute approximate surface area is 313 Å². The lowest BCUT2D eigenvalue weighted by Crippen LogP contribution is -2.28. The monoisotopic (exact) mass is 689 g/mol. The topological polar surface area (TPSA) is 18.1 Å². The molecule has 0 unspecified atom stereocenters. The van der Waals surface area contributed by atoms with Crippen molar-refractivity contribution in [2.45, 2.75) is 24.7 Å². The lowest BCUT2D eigenvalue weighted by Gasteiger charge is -2.34. The van der Waals surface area contributed by atoms with Gasteiger partial charge >= 0.3 is 0 Å². The van der Waals surface area contributed by atoms with Crippen LogP contribution in [0.3, 0.4) is 0 Å². The lowest BCUT2D eigenvalue weighted by atomic mass is 9.67. The number of hydrogen-bond donors (Lipinski definition) is 0. The molecule has 54 heavy (non-hydrogen) atoms. The number of hydrogen-bond acceptors (Lipinski definition) is 1. The van der Waals surface area contributed by atoms with E-state index in [1.807, 2.05) is 0 Å². The third-order valence-electron chi connectivity index (χ3n) is 12.6. The van der Waals surface area contributed by atoms with E-state index < -0.39 is 5.41 Å². The van der Waals surface area contributed by atoms with Gasteiger partial charge in [0, 0.05) is 32.6 Å². The second-order valence-corrected chi connectivity index (χ2v) is 15.6. The molecule has 2 aliphatic rings. The van der Waals surface area contributed by atoms with Gasteiger partial charge < -0.3 is 8.98 Å². The predicted molar refractivity (Wildman–Crippen MR) is 223 cm³/mol. The Kier molecular flexibility index (Phi) is 5.81. The van der Waals surface area contributed by atoms with E-state index in [1.165, 1.54) is 82.7 Å². The van der Waals surface area contributed by atoms with Crippen LogP contribution in [0.1, 0.15) is 47.2 Å². The summed E-state index contributed by atoms with van der Waals surface area (Å²) in [5, 5.41) is 4.88. The van der Waals surface area contributed by atoms with E-state index >= 15 is 0 Å². The SMILES string of the molecule is CC1(C)c2ccccc2-c2c1c1c3ccccc3oc1c1c2c2ccccc2n1-c1ccc2c(c1)C(c1ccccc1)(c1ccccc1)c1ccccc1-2. The molecule has 0 radical (unpaired) electrons. The first kappa shape index (κ1) is 29.9. The first-order valence-electron chi connectivity index (χ1n) is 18.9. The molecule has 254 valence electrons. The molecule has 10 aromatic rings. The van der Waals surface area contributed by atoms with Crippen LogP contribution in [0.15, 0.2) is 180 Å². The fraction of sp³-hybridized carbons (Fsp3) is 0.0769. The summed E-state index contributed by atoms with van der Waals surface area (Å²) in [7, 11) is 0. The lowest BCUT2D eigenvalue weighted by molar-refractivity contribution is 0.658. The average molecular weight is 690 g/mol. The van der Waals surface area contributed by atoms with Crippen LogP contribution in [0.4, 0.5) is 0 Å². The molecule has 2 nitrogen and oxygen atoms in total. The van der Waals surface area contributed by atoms with Crippen LogP contribution in [0, 0.1) is 0 Å². The Hall–Kier alpha value is -6.64. The highest BCUT2D eigenvalue weighted by Crippen LogP contribution is 2.59. The minimum absolute atomic E-state index is 0.210. The number of aromatic nitrogens is 1. The Balaban J connectivity index is 1.27. The van der Waals surface area contributed by atoms with Crippen LogP contribution in [0.25, 0.3) is 71.7 Å². The molecule has 0 saturated carbocycles. The van der Waals surface area contributed by atoms with Gasteiger partial charge in [0.25, 0.3) is 0 Å². The predicted octanol–water partition coefficient (Wildman–Crippen LogP) is 13.4. The molecule has 0 fully saturated rings. The van der Waals surface area contributed by atoms with Crippen LogP contribution in [0.2, 0.25) is 0 Å². The maximum Gasteiger partial charge on any atom is 0.160 e. The van der Waals surface area contributed by atoms with E-state index in [9.17, 15) is 0 Å². The van der Waals surface area contributed by atoms with E-state index in [1.54, 1.807) is 0 Å². The van der Waals surface area contributed by atoms with E-state index in [4.69, 9.17) is 4.42 Å². The van der Waals surface area contributed by atoms with Crippen molar-refractivity contribution >= 4 is 43.7 Å². The Bertz CT molecular complexity index is 3140. The molecule has 0 spiro atoms. The molecule has 0 amide bonds. The van der Waals surface area contributed by atoms with Crippen molar-refractivity contribution in [1.29, 1.82) is 0 Å². The Morgan fingerprint density at radius 3 is 1.83 bits per heavy atom. The smallest absolute Gasteiger partial charge is 0.160 e. The van der Waals surface area contributed by atoms with E-state index in [0.717, 1.165) is 22.4 Å². The average Bonchev–Trinajstić information content (AvgIpc) is 3.93. The van der Waals surface area contributed by atoms with Crippen molar-refractivity contribution < 1.29 is 4.42 Å². The van der Waals surface area contributed by atoms with Crippen molar-refractivity contribution in [1.82, 2.24) is 4.57 Å². The van der Waals surface area contributed by atoms with E-state index in [0.29, 0.717) is 0 Å². The summed E-state index contributed by atoms with van der Waals surface area (Å²) in [4.78, 5) is 0. The summed E-state index contributed by atoms with van der Waals surface area (Å²) in [6, 6.07) is 64.8. The van der Waals surface area contributed by atoms with E-state index in [-0.39, 0.29) is 5.41 Å². The number of furan rings is 1. The molecule has 0 atom stereocenters. The highest BCUT2D eigenvalue weighted by molar-refractivity contribution is 6.29.